The lowest BCUT2D eigenvalue weighted by molar-refractivity contribution is -0.131. The molecule has 25 heavy (non-hydrogen) atoms. The van der Waals surface area contributed by atoms with E-state index < -0.39 is 0 Å². The Morgan fingerprint density at radius 1 is 0.960 bits per heavy atom. The summed E-state index contributed by atoms with van der Waals surface area (Å²) in [6, 6.07) is 0. The maximum absolute atomic E-state index is 12.3. The lowest BCUT2D eigenvalue weighted by Gasteiger charge is -2.36. The van der Waals surface area contributed by atoms with Gasteiger partial charge in [0.05, 0.1) is 6.54 Å². The molecule has 0 aromatic rings. The Morgan fingerprint density at radius 3 is 2.16 bits per heavy atom. The predicted octanol–water partition coefficient (Wildman–Crippen LogP) is 1.63. The lowest BCUT2D eigenvalue weighted by atomic mass is 10.0. The second-order valence-corrected chi connectivity index (χ2v) is 7.23. The molecule has 2 rings (SSSR count). The van der Waals surface area contributed by atoms with Crippen molar-refractivity contribution in [3.8, 4) is 0 Å². The normalized spacial score (nSPS) is 19.8. The second kappa shape index (κ2) is 10.6. The van der Waals surface area contributed by atoms with Crippen LogP contribution in [0.25, 0.3) is 0 Å². The number of rotatable bonds is 7. The van der Waals surface area contributed by atoms with E-state index in [1.165, 1.54) is 25.7 Å². The van der Waals surface area contributed by atoms with Crippen molar-refractivity contribution in [2.75, 3.05) is 58.9 Å². The van der Waals surface area contributed by atoms with Crippen LogP contribution in [-0.4, -0.2) is 85.5 Å². The minimum atomic E-state index is 0.306. The Hall–Kier alpha value is -1.30. The molecule has 0 bridgehead atoms. The molecule has 6 nitrogen and oxygen atoms in total. The van der Waals surface area contributed by atoms with Gasteiger partial charge in [0.25, 0.3) is 0 Å². The highest BCUT2D eigenvalue weighted by atomic mass is 16.2. The summed E-state index contributed by atoms with van der Waals surface area (Å²) in [6.45, 7) is 14.7. The fourth-order valence-corrected chi connectivity index (χ4v) is 3.56. The van der Waals surface area contributed by atoms with E-state index in [1.807, 2.05) is 4.90 Å². The Bertz CT molecular complexity index is 422. The van der Waals surface area contributed by atoms with Crippen LogP contribution in [0.1, 0.15) is 46.5 Å². The van der Waals surface area contributed by atoms with Gasteiger partial charge < -0.3 is 15.1 Å². The van der Waals surface area contributed by atoms with E-state index in [4.69, 9.17) is 4.99 Å². The topological polar surface area (TPSA) is 51.2 Å². The van der Waals surface area contributed by atoms with Crippen molar-refractivity contribution in [2.45, 2.75) is 46.5 Å². The first-order valence-corrected chi connectivity index (χ1v) is 10.2. The summed E-state index contributed by atoms with van der Waals surface area (Å²) in [5.74, 6) is 2.02. The third-order valence-corrected chi connectivity index (χ3v) is 5.48. The molecule has 0 spiro atoms. The van der Waals surface area contributed by atoms with Crippen LogP contribution in [0.15, 0.2) is 4.99 Å². The molecule has 2 heterocycles. The van der Waals surface area contributed by atoms with Crippen LogP contribution in [-0.2, 0) is 4.79 Å². The van der Waals surface area contributed by atoms with Gasteiger partial charge in [-0.2, -0.15) is 0 Å². The van der Waals surface area contributed by atoms with Gasteiger partial charge in [0.15, 0.2) is 5.96 Å². The molecule has 1 amide bonds. The molecular weight excluding hydrogens is 314 g/mol. The van der Waals surface area contributed by atoms with Crippen LogP contribution < -0.4 is 5.32 Å². The third kappa shape index (κ3) is 6.17. The molecule has 2 saturated heterocycles. The summed E-state index contributed by atoms with van der Waals surface area (Å²) in [7, 11) is 0. The predicted molar refractivity (Wildman–Crippen MR) is 104 cm³/mol. The van der Waals surface area contributed by atoms with Gasteiger partial charge >= 0.3 is 0 Å². The number of aliphatic imine (C=N–C) groups is 1. The number of amides is 1. The van der Waals surface area contributed by atoms with Gasteiger partial charge in [0, 0.05) is 52.4 Å². The Kier molecular flexibility index (Phi) is 8.52. The number of piperazine rings is 1. The number of guanidine groups is 1. The van der Waals surface area contributed by atoms with Crippen LogP contribution in [0.3, 0.4) is 0 Å². The van der Waals surface area contributed by atoms with Gasteiger partial charge in [-0.3, -0.25) is 14.7 Å². The van der Waals surface area contributed by atoms with Crippen molar-refractivity contribution in [3.05, 3.63) is 0 Å². The van der Waals surface area contributed by atoms with Crippen molar-refractivity contribution in [1.82, 2.24) is 20.0 Å². The number of likely N-dealkylation sites (tertiary alicyclic amines) is 1. The van der Waals surface area contributed by atoms with E-state index in [0.29, 0.717) is 18.4 Å². The number of carbonyl (C=O) groups is 1. The van der Waals surface area contributed by atoms with Gasteiger partial charge in [-0.15, -0.1) is 0 Å². The smallest absolute Gasteiger partial charge is 0.236 e. The number of hydrogen-bond acceptors (Lipinski definition) is 3. The van der Waals surface area contributed by atoms with Crippen molar-refractivity contribution in [2.24, 2.45) is 10.9 Å². The van der Waals surface area contributed by atoms with Gasteiger partial charge in [-0.1, -0.05) is 26.7 Å². The van der Waals surface area contributed by atoms with Crippen LogP contribution >= 0.6 is 0 Å². The van der Waals surface area contributed by atoms with E-state index in [1.54, 1.807) is 0 Å². The van der Waals surface area contributed by atoms with Crippen LogP contribution in [0, 0.1) is 5.92 Å². The van der Waals surface area contributed by atoms with E-state index in [2.05, 4.69) is 35.9 Å². The van der Waals surface area contributed by atoms with Crippen LogP contribution in [0.2, 0.25) is 0 Å². The van der Waals surface area contributed by atoms with Crippen molar-refractivity contribution >= 4 is 11.9 Å². The fourth-order valence-electron chi connectivity index (χ4n) is 3.56. The summed E-state index contributed by atoms with van der Waals surface area (Å²) in [6.07, 6.45) is 4.70. The standard InChI is InChI=1S/C19H37N5O/c1-4-17(5-2)15-21-19(20-6-3)24-13-11-22(12-14-24)16-18(25)23-9-7-8-10-23/h17H,4-16H2,1-3H3,(H,20,21). The first-order valence-electron chi connectivity index (χ1n) is 10.2. The van der Waals surface area contributed by atoms with Gasteiger partial charge in [0.2, 0.25) is 5.91 Å². The number of hydrogen-bond donors (Lipinski definition) is 1. The number of nitrogens with one attached hydrogen (secondary N) is 1. The van der Waals surface area contributed by atoms with Crippen molar-refractivity contribution in [3.63, 3.8) is 0 Å². The molecular formula is C19H37N5O. The maximum Gasteiger partial charge on any atom is 0.236 e. The second-order valence-electron chi connectivity index (χ2n) is 7.23. The third-order valence-electron chi connectivity index (χ3n) is 5.48. The van der Waals surface area contributed by atoms with E-state index in [0.717, 1.165) is 58.3 Å². The highest BCUT2D eigenvalue weighted by Gasteiger charge is 2.24. The molecule has 144 valence electrons. The minimum Gasteiger partial charge on any atom is -0.357 e. The molecule has 6 heteroatoms. The molecule has 2 aliphatic heterocycles. The average molecular weight is 352 g/mol. The summed E-state index contributed by atoms with van der Waals surface area (Å²) >= 11 is 0. The first-order chi connectivity index (χ1) is 12.2. The summed E-state index contributed by atoms with van der Waals surface area (Å²) < 4.78 is 0. The number of nitrogens with zero attached hydrogens (tertiary/aromatic N) is 4. The molecule has 0 aromatic heterocycles. The van der Waals surface area contributed by atoms with Crippen molar-refractivity contribution < 1.29 is 4.79 Å². The average Bonchev–Trinajstić information content (AvgIpc) is 3.17. The molecule has 0 radical (unpaired) electrons. The van der Waals surface area contributed by atoms with Gasteiger partial charge in [-0.25, -0.2) is 0 Å². The van der Waals surface area contributed by atoms with Crippen molar-refractivity contribution in [1.29, 1.82) is 0 Å². The van der Waals surface area contributed by atoms with Gasteiger partial charge in [-0.05, 0) is 25.7 Å². The number of carbonyl (C=O) groups excluding carboxylic acids is 1. The summed E-state index contributed by atoms with van der Waals surface area (Å²) in [5.41, 5.74) is 0. The van der Waals surface area contributed by atoms with Crippen LogP contribution in [0.5, 0.6) is 0 Å². The molecule has 2 aliphatic rings. The Morgan fingerprint density at radius 2 is 1.60 bits per heavy atom. The lowest BCUT2D eigenvalue weighted by Crippen LogP contribution is -2.54. The Balaban J connectivity index is 1.81. The quantitative estimate of drug-likeness (QED) is 0.559. The fraction of sp³-hybridized carbons (Fsp3) is 0.895. The summed E-state index contributed by atoms with van der Waals surface area (Å²) in [5, 5.41) is 3.44. The zero-order chi connectivity index (χ0) is 18.1. The Labute approximate surface area is 153 Å². The van der Waals surface area contributed by atoms with E-state index in [-0.39, 0.29) is 0 Å². The molecule has 0 unspecified atom stereocenters. The largest absolute Gasteiger partial charge is 0.357 e. The zero-order valence-electron chi connectivity index (χ0n) is 16.5. The molecule has 2 fully saturated rings. The molecule has 0 aliphatic carbocycles. The van der Waals surface area contributed by atoms with Gasteiger partial charge in [0.1, 0.15) is 0 Å². The minimum absolute atomic E-state index is 0.306. The highest BCUT2D eigenvalue weighted by molar-refractivity contribution is 5.80. The highest BCUT2D eigenvalue weighted by Crippen LogP contribution is 2.11. The molecule has 1 N–H and O–H groups in total. The summed E-state index contributed by atoms with van der Waals surface area (Å²) in [4.78, 5) is 23.8. The molecule has 0 saturated carbocycles. The zero-order valence-corrected chi connectivity index (χ0v) is 16.5. The monoisotopic (exact) mass is 351 g/mol. The maximum atomic E-state index is 12.3. The van der Waals surface area contributed by atoms with E-state index in [9.17, 15) is 4.79 Å². The SMILES string of the molecule is CCNC(=NCC(CC)CC)N1CCN(CC(=O)N2CCCC2)CC1. The molecule has 0 aromatic carbocycles. The first kappa shape index (κ1) is 20.0. The van der Waals surface area contributed by atoms with E-state index >= 15 is 0 Å². The molecule has 0 atom stereocenters. The van der Waals surface area contributed by atoms with Crippen LogP contribution in [0.4, 0.5) is 0 Å².